The summed E-state index contributed by atoms with van der Waals surface area (Å²) in [4.78, 5) is 44.5. The van der Waals surface area contributed by atoms with Gasteiger partial charge in [-0.25, -0.2) is 4.79 Å². The smallest absolute Gasteiger partial charge is 0.343 e. The zero-order chi connectivity index (χ0) is 40.3. The molecule has 0 spiro atoms. The minimum atomic E-state index is -0.392. The first-order valence-corrected chi connectivity index (χ1v) is 19.4. The molecule has 0 atom stereocenters. The van der Waals surface area contributed by atoms with Gasteiger partial charge in [-0.05, 0) is 97.1 Å². The standard InChI is InChI=1S/C21H19O3S.C18H14OS.C3H5ClO2.2CH2O.2ClH.2W/c1-23-21(22)16-24-17-12-14-20(15-13-17)25(18-8-4-2-5-9-18)19-10-6-3-7-11-19;19-15-11-13-18(14-12-15)20(16-7-3-1-4-8-16)17-9-5-2-6-10-17;1-6-3(5)2-4;2*1-2;;;;/h2-15H,16H2,1H3;1-14H;2H2,1H3;2*1H2;2*1H;;/q+1;;;;;;;;. The van der Waals surface area contributed by atoms with Crippen molar-refractivity contribution in [3.8, 4) is 11.5 Å². The summed E-state index contributed by atoms with van der Waals surface area (Å²) in [6.07, 6.45) is 0. The Bertz CT molecular complexity index is 1850. The molecule has 0 aliphatic heterocycles. The molecule has 15 heteroatoms. The molecule has 0 aromatic heterocycles. The minimum absolute atomic E-state index is 0. The fourth-order valence-electron chi connectivity index (χ4n) is 4.55. The molecule has 1 N–H and O–H groups in total. The van der Waals surface area contributed by atoms with E-state index >= 15 is 0 Å². The van der Waals surface area contributed by atoms with Crippen molar-refractivity contribution in [2.45, 2.75) is 29.4 Å². The summed E-state index contributed by atoms with van der Waals surface area (Å²) in [6, 6.07) is 57.3. The SMILES string of the molecule is C=O.C=O.COC(=O)CCl.COC(=O)COc1ccc([S+](c2ccccc2)c2ccccc2)cc1.Cl.Oc1ccc([S+](c2ccccc2)c2ccccc2)cc1.[Cl-].[W].[W]. The molecule has 8 nitrogen and oxygen atoms in total. The van der Waals surface area contributed by atoms with Crippen molar-refractivity contribution >= 4 is 71.3 Å². The van der Waals surface area contributed by atoms with Gasteiger partial charge in [0.25, 0.3) is 0 Å². The number of phenols is 1. The van der Waals surface area contributed by atoms with Crippen LogP contribution in [0.5, 0.6) is 11.5 Å². The van der Waals surface area contributed by atoms with Crippen molar-refractivity contribution in [2.75, 3.05) is 26.7 Å². The molecule has 0 fully saturated rings. The Kier molecular flexibility index (Phi) is 36.3. The van der Waals surface area contributed by atoms with Crippen molar-refractivity contribution in [3.05, 3.63) is 170 Å². The van der Waals surface area contributed by atoms with Crippen molar-refractivity contribution in [1.82, 2.24) is 0 Å². The Hall–Kier alpha value is -3.85. The number of ether oxygens (including phenoxy) is 3. The van der Waals surface area contributed by atoms with E-state index in [-0.39, 0.29) is 101 Å². The third-order valence-electron chi connectivity index (χ3n) is 6.97. The van der Waals surface area contributed by atoms with Crippen LogP contribution in [-0.4, -0.2) is 57.3 Å². The van der Waals surface area contributed by atoms with Crippen LogP contribution >= 0.6 is 24.0 Å². The minimum Gasteiger partial charge on any atom is -1.00 e. The summed E-state index contributed by atoms with van der Waals surface area (Å²) in [5, 5.41) is 9.48. The van der Waals surface area contributed by atoms with E-state index in [1.807, 2.05) is 62.1 Å². The molecule has 0 amide bonds. The van der Waals surface area contributed by atoms with Gasteiger partial charge < -0.3 is 41.3 Å². The van der Waals surface area contributed by atoms with Gasteiger partial charge in [0.2, 0.25) is 0 Å². The monoisotopic (exact) mass is 1240 g/mol. The van der Waals surface area contributed by atoms with Gasteiger partial charge in [0.15, 0.2) is 36.0 Å². The van der Waals surface area contributed by atoms with Crippen molar-refractivity contribution in [3.63, 3.8) is 0 Å². The van der Waals surface area contributed by atoms with Gasteiger partial charge in [-0.15, -0.1) is 24.0 Å². The molecule has 0 radical (unpaired) electrons. The summed E-state index contributed by atoms with van der Waals surface area (Å²) >= 11 is 4.98. The van der Waals surface area contributed by atoms with E-state index in [9.17, 15) is 14.7 Å². The van der Waals surface area contributed by atoms with Crippen molar-refractivity contribution in [2.24, 2.45) is 0 Å². The number of carbonyl (C=O) groups is 4. The van der Waals surface area contributed by atoms with Crippen LogP contribution in [0.25, 0.3) is 0 Å². The predicted molar refractivity (Wildman–Crippen MR) is 226 cm³/mol. The Balaban J connectivity index is -0.000000833. The number of carbonyl (C=O) groups excluding carboxylic acids is 4. The molecule has 0 bridgehead atoms. The number of alkyl halides is 1. The van der Waals surface area contributed by atoms with Gasteiger partial charge in [0.05, 0.1) is 36.0 Å². The first-order valence-electron chi connectivity index (χ1n) is 16.4. The van der Waals surface area contributed by atoms with Crippen molar-refractivity contribution in [1.29, 1.82) is 0 Å². The largest absolute Gasteiger partial charge is 1.00 e. The molecule has 6 aromatic rings. The second-order valence-electron chi connectivity index (χ2n) is 10.4. The van der Waals surface area contributed by atoms with E-state index in [2.05, 4.69) is 119 Å². The van der Waals surface area contributed by atoms with Crippen molar-refractivity contribution < 1.29 is 93.0 Å². The van der Waals surface area contributed by atoms with Gasteiger partial charge in [-0.2, -0.15) is 0 Å². The number of phenolic OH excluding ortho intramolecular Hbond substituents is 1. The quantitative estimate of drug-likeness (QED) is 0.0971. The maximum absolute atomic E-state index is 11.2. The van der Waals surface area contributed by atoms with E-state index < -0.39 is 11.9 Å². The average molecular weight is 1240 g/mol. The molecule has 312 valence electrons. The molecular weight excluding hydrogens is 1190 g/mol. The van der Waals surface area contributed by atoms with Crippen LogP contribution < -0.4 is 17.1 Å². The summed E-state index contributed by atoms with van der Waals surface area (Å²) in [7, 11) is 2.33. The number of esters is 2. The van der Waals surface area contributed by atoms with Crippen LogP contribution in [0.15, 0.2) is 199 Å². The van der Waals surface area contributed by atoms with Gasteiger partial charge >= 0.3 is 11.9 Å². The van der Waals surface area contributed by atoms with Gasteiger partial charge in [-0.3, -0.25) is 4.79 Å². The molecular formula is C44H44Cl3O8S2W2+. The average Bonchev–Trinajstić information content (AvgIpc) is 3.27. The Morgan fingerprint density at radius 1 is 0.508 bits per heavy atom. The van der Waals surface area contributed by atoms with E-state index in [1.165, 1.54) is 43.6 Å². The first kappa shape index (κ1) is 59.5. The third kappa shape index (κ3) is 21.3. The van der Waals surface area contributed by atoms with E-state index in [0.717, 1.165) is 0 Å². The Morgan fingerprint density at radius 2 is 0.780 bits per heavy atom. The second-order valence-corrected chi connectivity index (χ2v) is 14.7. The molecule has 6 rings (SSSR count). The summed E-state index contributed by atoms with van der Waals surface area (Å²) in [6.45, 7) is 3.92. The van der Waals surface area contributed by atoms with Crippen LogP contribution in [0.3, 0.4) is 0 Å². The Labute approximate surface area is 398 Å². The van der Waals surface area contributed by atoms with E-state index in [1.54, 1.807) is 12.1 Å². The normalized spacial score (nSPS) is 8.97. The van der Waals surface area contributed by atoms with E-state index in [0.29, 0.717) is 11.5 Å². The molecule has 0 saturated heterocycles. The molecule has 0 unspecified atom stereocenters. The number of rotatable bonds is 10. The number of methoxy groups -OCH3 is 2. The number of benzene rings is 6. The van der Waals surface area contributed by atoms with E-state index in [4.69, 9.17) is 25.9 Å². The van der Waals surface area contributed by atoms with Gasteiger partial charge in [0.1, 0.15) is 31.0 Å². The number of hydrogen-bond acceptors (Lipinski definition) is 8. The number of aromatic hydroxyl groups is 1. The molecule has 0 aliphatic rings. The maximum Gasteiger partial charge on any atom is 0.343 e. The number of halogens is 3. The molecule has 0 aliphatic carbocycles. The van der Waals surface area contributed by atoms with Crippen LogP contribution in [0.4, 0.5) is 0 Å². The fraction of sp³-hybridized carbons (Fsp3) is 0.0909. The zero-order valence-corrected chi connectivity index (χ0v) is 41.9. The van der Waals surface area contributed by atoms with Gasteiger partial charge in [-0.1, -0.05) is 72.8 Å². The maximum atomic E-state index is 11.2. The third-order valence-corrected chi connectivity index (χ3v) is 11.6. The number of hydrogen-bond donors (Lipinski definition) is 1. The predicted octanol–water partition coefficient (Wildman–Crippen LogP) is 6.27. The Morgan fingerprint density at radius 3 is 1.03 bits per heavy atom. The molecule has 59 heavy (non-hydrogen) atoms. The van der Waals surface area contributed by atoms with Crippen LogP contribution in [-0.2, 0) is 92.6 Å². The molecule has 6 aromatic carbocycles. The van der Waals surface area contributed by atoms with Crippen LogP contribution in [0, 0.1) is 0 Å². The summed E-state index contributed by atoms with van der Waals surface area (Å²) in [5.41, 5.74) is 0. The first-order chi connectivity index (χ1) is 26.9. The summed E-state index contributed by atoms with van der Waals surface area (Å²) in [5.74, 6) is 0.113. The molecule has 0 saturated carbocycles. The second kappa shape index (κ2) is 36.0. The zero-order valence-electron chi connectivity index (χ0n) is 32.1. The van der Waals surface area contributed by atoms with Gasteiger partial charge in [0, 0.05) is 42.1 Å². The van der Waals surface area contributed by atoms with Crippen LogP contribution in [0.2, 0.25) is 0 Å². The summed E-state index contributed by atoms with van der Waals surface area (Å²) < 4.78 is 14.1. The topological polar surface area (TPSA) is 116 Å². The fourth-order valence-corrected chi connectivity index (χ4v) is 8.83. The molecule has 0 heterocycles. The van der Waals surface area contributed by atoms with Crippen LogP contribution in [0.1, 0.15) is 0 Å².